The van der Waals surface area contributed by atoms with E-state index >= 15 is 0 Å². The summed E-state index contributed by atoms with van der Waals surface area (Å²) < 4.78 is 0. The van der Waals surface area contributed by atoms with E-state index in [0.29, 0.717) is 6.54 Å². The number of hydrogen-bond acceptors (Lipinski definition) is 4. The summed E-state index contributed by atoms with van der Waals surface area (Å²) in [6, 6.07) is 0. The van der Waals surface area contributed by atoms with Gasteiger partial charge in [0.2, 0.25) is 0 Å². The molecule has 1 aromatic rings. The van der Waals surface area contributed by atoms with E-state index in [0.717, 1.165) is 37.6 Å². The maximum Gasteiger partial charge on any atom is 0.125 e. The maximum absolute atomic E-state index is 5.72. The quantitative estimate of drug-likeness (QED) is 0.890. The van der Waals surface area contributed by atoms with Gasteiger partial charge < -0.3 is 5.73 Å². The zero-order valence-electron chi connectivity index (χ0n) is 10.3. The van der Waals surface area contributed by atoms with Gasteiger partial charge in [-0.15, -0.1) is 24.8 Å². The minimum atomic E-state index is 0. The summed E-state index contributed by atoms with van der Waals surface area (Å²) in [6.07, 6.45) is 1.03. The van der Waals surface area contributed by atoms with Crippen LogP contribution in [0.25, 0.3) is 0 Å². The molecule has 6 heteroatoms. The molecular weight excluding hydrogens is 259 g/mol. The first-order valence-electron chi connectivity index (χ1n) is 5.52. The highest BCUT2D eigenvalue weighted by Gasteiger charge is 2.19. The van der Waals surface area contributed by atoms with Gasteiger partial charge in [0.05, 0.1) is 11.4 Å². The molecule has 0 aromatic carbocycles. The van der Waals surface area contributed by atoms with Crippen molar-refractivity contribution in [3.05, 3.63) is 22.8 Å². The highest BCUT2D eigenvalue weighted by atomic mass is 35.5. The van der Waals surface area contributed by atoms with E-state index in [9.17, 15) is 0 Å². The molecular formula is C11H20Cl2N4. The van der Waals surface area contributed by atoms with Crippen molar-refractivity contribution in [2.24, 2.45) is 5.73 Å². The lowest BCUT2D eigenvalue weighted by Gasteiger charge is -2.28. The van der Waals surface area contributed by atoms with Crippen molar-refractivity contribution in [3.8, 4) is 0 Å². The lowest BCUT2D eigenvalue weighted by atomic mass is 10.0. The lowest BCUT2D eigenvalue weighted by Crippen LogP contribution is -2.32. The average Bonchev–Trinajstić information content (AvgIpc) is 2.27. The normalized spacial score (nSPS) is 14.5. The third-order valence-electron chi connectivity index (χ3n) is 2.98. The Hall–Kier alpha value is -0.420. The number of aryl methyl sites for hydroxylation is 1. The fourth-order valence-corrected chi connectivity index (χ4v) is 2.11. The molecule has 1 aromatic heterocycles. The van der Waals surface area contributed by atoms with E-state index in [4.69, 9.17) is 5.73 Å². The van der Waals surface area contributed by atoms with Crippen molar-refractivity contribution in [1.29, 1.82) is 0 Å². The molecule has 0 aliphatic carbocycles. The molecule has 2 heterocycles. The van der Waals surface area contributed by atoms with Gasteiger partial charge in [-0.05, 0) is 13.5 Å². The first-order chi connectivity index (χ1) is 7.24. The van der Waals surface area contributed by atoms with Gasteiger partial charge in [0.15, 0.2) is 0 Å². The Balaban J connectivity index is 0.00000128. The van der Waals surface area contributed by atoms with E-state index in [2.05, 4.69) is 21.8 Å². The van der Waals surface area contributed by atoms with Crippen molar-refractivity contribution < 1.29 is 0 Å². The minimum Gasteiger partial charge on any atom is -0.325 e. The first kappa shape index (κ1) is 16.6. The van der Waals surface area contributed by atoms with E-state index in [1.54, 1.807) is 0 Å². The summed E-state index contributed by atoms with van der Waals surface area (Å²) in [6.45, 7) is 7.77. The van der Waals surface area contributed by atoms with Crippen LogP contribution in [-0.4, -0.2) is 28.0 Å². The fraction of sp³-hybridized carbons (Fsp3) is 0.636. The smallest absolute Gasteiger partial charge is 0.125 e. The number of rotatable bonds is 2. The number of hydrogen-bond donors (Lipinski definition) is 1. The zero-order chi connectivity index (χ0) is 10.8. The van der Waals surface area contributed by atoms with Crippen LogP contribution in [0.2, 0.25) is 0 Å². The van der Waals surface area contributed by atoms with Gasteiger partial charge in [-0.2, -0.15) is 0 Å². The van der Waals surface area contributed by atoms with Crippen LogP contribution >= 0.6 is 24.8 Å². The second-order valence-corrected chi connectivity index (χ2v) is 3.97. The first-order valence-corrected chi connectivity index (χ1v) is 5.52. The molecule has 98 valence electrons. The number of likely N-dealkylation sites (N-methyl/N-ethyl adjacent to an activating group) is 1. The van der Waals surface area contributed by atoms with Gasteiger partial charge in [0.1, 0.15) is 5.82 Å². The second-order valence-electron chi connectivity index (χ2n) is 3.97. The Labute approximate surface area is 115 Å². The fourth-order valence-electron chi connectivity index (χ4n) is 2.11. The van der Waals surface area contributed by atoms with Gasteiger partial charge in [-0.25, -0.2) is 9.97 Å². The van der Waals surface area contributed by atoms with E-state index in [-0.39, 0.29) is 24.8 Å². The van der Waals surface area contributed by atoms with Gasteiger partial charge in [-0.3, -0.25) is 4.90 Å². The van der Waals surface area contributed by atoms with Crippen LogP contribution in [0.3, 0.4) is 0 Å². The number of halogens is 2. The van der Waals surface area contributed by atoms with Gasteiger partial charge in [0.25, 0.3) is 0 Å². The van der Waals surface area contributed by atoms with E-state index in [1.807, 2.05) is 6.92 Å². The molecule has 0 fully saturated rings. The van der Waals surface area contributed by atoms with Crippen LogP contribution in [0.15, 0.2) is 0 Å². The molecule has 2 N–H and O–H groups in total. The summed E-state index contributed by atoms with van der Waals surface area (Å²) in [4.78, 5) is 11.3. The molecule has 0 bridgehead atoms. The maximum atomic E-state index is 5.72. The molecule has 2 rings (SSSR count). The minimum absolute atomic E-state index is 0. The van der Waals surface area contributed by atoms with Crippen LogP contribution in [0.4, 0.5) is 0 Å². The van der Waals surface area contributed by atoms with Gasteiger partial charge in [-0.1, -0.05) is 6.92 Å². The van der Waals surface area contributed by atoms with Crippen molar-refractivity contribution >= 4 is 24.8 Å². The average molecular weight is 279 g/mol. The van der Waals surface area contributed by atoms with Crippen LogP contribution in [-0.2, 0) is 19.5 Å². The van der Waals surface area contributed by atoms with Crippen molar-refractivity contribution in [2.45, 2.75) is 33.4 Å². The third kappa shape index (κ3) is 3.52. The highest BCUT2D eigenvalue weighted by Crippen LogP contribution is 2.19. The largest absolute Gasteiger partial charge is 0.325 e. The zero-order valence-corrected chi connectivity index (χ0v) is 11.9. The molecule has 0 radical (unpaired) electrons. The monoisotopic (exact) mass is 278 g/mol. The molecule has 0 atom stereocenters. The van der Waals surface area contributed by atoms with Crippen molar-refractivity contribution in [1.82, 2.24) is 14.9 Å². The van der Waals surface area contributed by atoms with Crippen molar-refractivity contribution in [3.63, 3.8) is 0 Å². The molecule has 1 aliphatic rings. The van der Waals surface area contributed by atoms with Crippen LogP contribution in [0.1, 0.15) is 29.7 Å². The number of fused-ring (bicyclic) bond motifs is 1. The molecule has 0 saturated heterocycles. The molecule has 0 spiro atoms. The third-order valence-corrected chi connectivity index (χ3v) is 2.98. The molecule has 17 heavy (non-hydrogen) atoms. The van der Waals surface area contributed by atoms with Gasteiger partial charge in [0, 0.05) is 31.6 Å². The topological polar surface area (TPSA) is 55.0 Å². The van der Waals surface area contributed by atoms with E-state index in [1.165, 1.54) is 11.3 Å². The summed E-state index contributed by atoms with van der Waals surface area (Å²) in [5.74, 6) is 0.846. The Morgan fingerprint density at radius 1 is 1.29 bits per heavy atom. The molecule has 4 nitrogen and oxygen atoms in total. The SMILES string of the molecule is CCN1CCc2nc(C)nc(CN)c2C1.Cl.Cl. The Morgan fingerprint density at radius 3 is 2.59 bits per heavy atom. The Bertz CT molecular complexity index is 353. The predicted octanol–water partition coefficient (Wildman–Crippen LogP) is 1.47. The van der Waals surface area contributed by atoms with Crippen LogP contribution in [0.5, 0.6) is 0 Å². The van der Waals surface area contributed by atoms with Gasteiger partial charge >= 0.3 is 0 Å². The Kier molecular flexibility index (Phi) is 6.94. The molecule has 0 unspecified atom stereocenters. The summed E-state index contributed by atoms with van der Waals surface area (Å²) >= 11 is 0. The number of nitrogens with zero attached hydrogens (tertiary/aromatic N) is 3. The molecule has 0 saturated carbocycles. The van der Waals surface area contributed by atoms with Crippen LogP contribution < -0.4 is 5.73 Å². The van der Waals surface area contributed by atoms with E-state index < -0.39 is 0 Å². The lowest BCUT2D eigenvalue weighted by molar-refractivity contribution is 0.263. The standard InChI is InChI=1S/C11H18N4.2ClH/c1-3-15-5-4-10-9(7-15)11(6-12)14-8(2)13-10;;/h3-7,12H2,1-2H3;2*1H. The highest BCUT2D eigenvalue weighted by molar-refractivity contribution is 5.85. The van der Waals surface area contributed by atoms with Crippen molar-refractivity contribution in [2.75, 3.05) is 13.1 Å². The second kappa shape index (κ2) is 7.11. The number of nitrogens with two attached hydrogens (primary N) is 1. The summed E-state index contributed by atoms with van der Waals surface area (Å²) in [5, 5.41) is 0. The summed E-state index contributed by atoms with van der Waals surface area (Å²) in [7, 11) is 0. The number of aromatic nitrogens is 2. The Morgan fingerprint density at radius 2 is 2.00 bits per heavy atom. The molecule has 0 amide bonds. The summed E-state index contributed by atoms with van der Waals surface area (Å²) in [5.41, 5.74) is 9.21. The predicted molar refractivity (Wildman–Crippen MR) is 73.8 cm³/mol. The van der Waals surface area contributed by atoms with Crippen LogP contribution in [0, 0.1) is 6.92 Å². The molecule has 1 aliphatic heterocycles.